The minimum atomic E-state index is -0.331. The van der Waals surface area contributed by atoms with Gasteiger partial charge in [0.15, 0.2) is 0 Å². The predicted molar refractivity (Wildman–Crippen MR) is 368 cm³/mol. The van der Waals surface area contributed by atoms with E-state index in [1.807, 2.05) is 60.7 Å². The number of nitrogens with zero attached hydrogens (tertiary/aromatic N) is 2. The van der Waals surface area contributed by atoms with Crippen LogP contribution in [0.5, 0.6) is 23.0 Å². The molecule has 4 amide bonds. The average molecular weight is 1190 g/mol. The van der Waals surface area contributed by atoms with Crippen LogP contribution < -0.4 is 9.47 Å². The standard InChI is InChI=1S/C80H106N2O6/c1-9-11-13-15-17-19-21-23-25-27-29-31-33-35-37-39-53-81-75(83)63-51-49-61-72-68(88-60-47-43-58(44-48-60)80(6,7)8)56-66-70-64(76(84)82(78(66)86)54-40-38-36-34-32-30-28-26-24-22-20-18-16-14-12-10-2)52-50-62(74(70)72)71-67(55-65(77(81)85)69(63)73(61)71)87-59-45-41-57(42-46-59)79(3,4)5/h41-52,55-56H,9-40,53-54H2,1-8H3. The highest BCUT2D eigenvalue weighted by Crippen LogP contribution is 2.53. The molecule has 0 fully saturated rings. The number of benzene rings is 7. The molecule has 0 aliphatic carbocycles. The van der Waals surface area contributed by atoms with E-state index in [0.29, 0.717) is 90.7 Å². The van der Waals surface area contributed by atoms with Crippen LogP contribution in [0.4, 0.5) is 0 Å². The number of rotatable bonds is 38. The molecule has 0 saturated heterocycles. The molecule has 0 atom stereocenters. The summed E-state index contributed by atoms with van der Waals surface area (Å²) in [4.78, 5) is 63.0. The summed E-state index contributed by atoms with van der Waals surface area (Å²) < 4.78 is 14.1. The maximum absolute atomic E-state index is 15.1. The van der Waals surface area contributed by atoms with Crippen LogP contribution in [0.25, 0.3) is 43.1 Å². The fourth-order valence-corrected chi connectivity index (χ4v) is 14.0. The Morgan fingerprint density at radius 3 is 0.830 bits per heavy atom. The number of hydrogen-bond acceptors (Lipinski definition) is 6. The van der Waals surface area contributed by atoms with Crippen molar-refractivity contribution in [3.05, 3.63) is 118 Å². The lowest BCUT2D eigenvalue weighted by molar-refractivity contribution is 0.0592. The number of carbonyl (C=O) groups is 4. The highest BCUT2D eigenvalue weighted by Gasteiger charge is 2.39. The number of fused-ring (bicyclic) bond motifs is 2. The van der Waals surface area contributed by atoms with Gasteiger partial charge in [0.1, 0.15) is 23.0 Å². The first-order valence-electron chi connectivity index (χ1n) is 35.2. The van der Waals surface area contributed by atoms with Crippen LogP contribution in [0.3, 0.4) is 0 Å². The maximum atomic E-state index is 15.1. The lowest BCUT2D eigenvalue weighted by atomic mass is 9.81. The fourth-order valence-electron chi connectivity index (χ4n) is 14.0. The summed E-state index contributed by atoms with van der Waals surface area (Å²) in [5.74, 6) is 0.862. The molecule has 8 nitrogen and oxygen atoms in total. The van der Waals surface area contributed by atoms with Crippen molar-refractivity contribution in [1.82, 2.24) is 9.80 Å². The Hall–Kier alpha value is -6.28. The maximum Gasteiger partial charge on any atom is 0.261 e. The smallest absolute Gasteiger partial charge is 0.261 e. The molecule has 472 valence electrons. The van der Waals surface area contributed by atoms with Crippen LogP contribution in [0, 0.1) is 0 Å². The topological polar surface area (TPSA) is 93.2 Å². The number of carbonyl (C=O) groups excluding carboxylic acids is 4. The van der Waals surface area contributed by atoms with Gasteiger partial charge in [-0.25, -0.2) is 0 Å². The summed E-state index contributed by atoms with van der Waals surface area (Å²) in [5, 5.41) is 5.47. The highest BCUT2D eigenvalue weighted by molar-refractivity contribution is 6.43. The van der Waals surface area contributed by atoms with Crippen molar-refractivity contribution < 1.29 is 28.7 Å². The Kier molecular flexibility index (Phi) is 23.6. The van der Waals surface area contributed by atoms with E-state index in [0.717, 1.165) is 73.3 Å². The van der Waals surface area contributed by atoms with E-state index in [9.17, 15) is 9.59 Å². The third kappa shape index (κ3) is 16.0. The zero-order chi connectivity index (χ0) is 62.2. The molecule has 2 heterocycles. The minimum Gasteiger partial charge on any atom is -0.457 e. The van der Waals surface area contributed by atoms with Crippen molar-refractivity contribution in [2.24, 2.45) is 0 Å². The molecule has 7 aromatic carbocycles. The normalized spacial score (nSPS) is 13.7. The Morgan fingerprint density at radius 1 is 0.295 bits per heavy atom. The van der Waals surface area contributed by atoms with Gasteiger partial charge in [-0.15, -0.1) is 0 Å². The largest absolute Gasteiger partial charge is 0.457 e. The predicted octanol–water partition coefficient (Wildman–Crippen LogP) is 23.6. The molecular formula is C80H106N2O6. The Bertz CT molecular complexity index is 3220. The molecule has 2 aliphatic heterocycles. The minimum absolute atomic E-state index is 0.0812. The molecule has 0 spiro atoms. The molecule has 7 aromatic rings. The zero-order valence-electron chi connectivity index (χ0n) is 55.5. The lowest BCUT2D eigenvalue weighted by Crippen LogP contribution is -2.41. The molecule has 88 heavy (non-hydrogen) atoms. The second kappa shape index (κ2) is 31.4. The lowest BCUT2D eigenvalue weighted by Gasteiger charge is -2.31. The van der Waals surface area contributed by atoms with E-state index in [-0.39, 0.29) is 34.5 Å². The summed E-state index contributed by atoms with van der Waals surface area (Å²) in [5.41, 5.74) is 3.92. The molecule has 0 bridgehead atoms. The van der Waals surface area contributed by atoms with Gasteiger partial charge in [-0.1, -0.05) is 284 Å². The number of imide groups is 2. The summed E-state index contributed by atoms with van der Waals surface area (Å²) >= 11 is 0. The zero-order valence-corrected chi connectivity index (χ0v) is 55.5. The van der Waals surface area contributed by atoms with Crippen molar-refractivity contribution in [2.75, 3.05) is 13.1 Å². The molecule has 0 N–H and O–H groups in total. The van der Waals surface area contributed by atoms with E-state index in [2.05, 4.69) is 79.7 Å². The van der Waals surface area contributed by atoms with Gasteiger partial charge in [0, 0.05) is 56.5 Å². The first kappa shape index (κ1) is 66.1. The van der Waals surface area contributed by atoms with Crippen molar-refractivity contribution in [2.45, 2.75) is 272 Å². The quantitative estimate of drug-likeness (QED) is 0.0166. The average Bonchev–Trinajstić information content (AvgIpc) is 0.691. The molecule has 0 radical (unpaired) electrons. The van der Waals surface area contributed by atoms with Gasteiger partial charge < -0.3 is 9.47 Å². The monoisotopic (exact) mass is 1190 g/mol. The third-order valence-electron chi connectivity index (χ3n) is 19.3. The van der Waals surface area contributed by atoms with E-state index in [4.69, 9.17) is 9.47 Å². The Balaban J connectivity index is 0.990. The summed E-state index contributed by atoms with van der Waals surface area (Å²) in [6.07, 6.45) is 39.9. The van der Waals surface area contributed by atoms with E-state index < -0.39 is 0 Å². The first-order chi connectivity index (χ1) is 42.6. The van der Waals surface area contributed by atoms with Crippen LogP contribution in [-0.4, -0.2) is 46.5 Å². The van der Waals surface area contributed by atoms with Gasteiger partial charge in [0.25, 0.3) is 23.6 Å². The SMILES string of the molecule is CCCCCCCCCCCCCCCCCCN1C(=O)c2ccc3c4c(Oc5ccc(C(C)(C)C)cc5)cc5c6c(ccc(c7c(Oc8ccc(C(C)(C)C)cc8)cc(c2c37)C1=O)c64)C(=O)N(CCCCCCCCCCCCCCCCCC)C5=O. The van der Waals surface area contributed by atoms with Crippen molar-refractivity contribution in [1.29, 1.82) is 0 Å². The van der Waals surface area contributed by atoms with Gasteiger partial charge >= 0.3 is 0 Å². The molecule has 2 aliphatic rings. The van der Waals surface area contributed by atoms with E-state index in [1.165, 1.54) is 164 Å². The molecular weight excluding hydrogens is 1080 g/mol. The van der Waals surface area contributed by atoms with E-state index in [1.54, 1.807) is 0 Å². The first-order valence-corrected chi connectivity index (χ1v) is 35.2. The molecule has 8 heteroatoms. The van der Waals surface area contributed by atoms with Gasteiger partial charge in [0.2, 0.25) is 0 Å². The van der Waals surface area contributed by atoms with Gasteiger partial charge in [-0.05, 0) is 94.1 Å². The summed E-state index contributed by atoms with van der Waals surface area (Å²) in [6.45, 7) is 18.3. The summed E-state index contributed by atoms with van der Waals surface area (Å²) in [7, 11) is 0. The van der Waals surface area contributed by atoms with E-state index >= 15 is 9.59 Å². The third-order valence-corrected chi connectivity index (χ3v) is 19.3. The van der Waals surface area contributed by atoms with Gasteiger partial charge in [0.05, 0.1) is 11.1 Å². The van der Waals surface area contributed by atoms with Crippen LogP contribution in [0.15, 0.2) is 84.9 Å². The number of unbranched alkanes of at least 4 members (excludes halogenated alkanes) is 30. The Labute approximate surface area is 528 Å². The number of hydrogen-bond donors (Lipinski definition) is 0. The molecule has 0 saturated carbocycles. The second-order valence-electron chi connectivity index (χ2n) is 28.3. The molecule has 0 unspecified atom stereocenters. The molecule has 9 rings (SSSR count). The molecule has 0 aromatic heterocycles. The van der Waals surface area contributed by atoms with Crippen LogP contribution >= 0.6 is 0 Å². The number of amides is 4. The van der Waals surface area contributed by atoms with Gasteiger partial charge in [-0.2, -0.15) is 0 Å². The van der Waals surface area contributed by atoms with Gasteiger partial charge in [-0.3, -0.25) is 29.0 Å². The van der Waals surface area contributed by atoms with Crippen LogP contribution in [0.1, 0.15) is 313 Å². The van der Waals surface area contributed by atoms with Crippen molar-refractivity contribution in [3.63, 3.8) is 0 Å². The van der Waals surface area contributed by atoms with Crippen molar-refractivity contribution in [3.8, 4) is 23.0 Å². The van der Waals surface area contributed by atoms with Crippen LogP contribution in [0.2, 0.25) is 0 Å². The fraction of sp³-hybridized carbons (Fsp3) is 0.550. The number of ether oxygens (including phenoxy) is 2. The Morgan fingerprint density at radius 2 is 0.557 bits per heavy atom. The summed E-state index contributed by atoms with van der Waals surface area (Å²) in [6, 6.07) is 27.6. The van der Waals surface area contributed by atoms with Crippen LogP contribution in [-0.2, 0) is 10.8 Å². The second-order valence-corrected chi connectivity index (χ2v) is 28.3. The van der Waals surface area contributed by atoms with Crippen molar-refractivity contribution >= 4 is 66.7 Å². The highest BCUT2D eigenvalue weighted by atomic mass is 16.5.